The number of hydrogen-bond donors (Lipinski definition) is 0. The first-order chi connectivity index (χ1) is 6.73. The molecule has 0 aliphatic heterocycles. The lowest BCUT2D eigenvalue weighted by molar-refractivity contribution is 0.442. The van der Waals surface area contributed by atoms with Crippen molar-refractivity contribution in [3.8, 4) is 0 Å². The monoisotopic (exact) mass is 243 g/mol. The molecule has 0 radical (unpaired) electrons. The second kappa shape index (κ2) is 6.01. The molecule has 0 rings (SSSR count). The van der Waals surface area contributed by atoms with Crippen LogP contribution in [0.2, 0.25) is 38.8 Å². The van der Waals surface area contributed by atoms with E-state index in [4.69, 9.17) is 0 Å². The lowest BCUT2D eigenvalue weighted by Crippen LogP contribution is -2.48. The summed E-state index contributed by atoms with van der Waals surface area (Å²) in [4.78, 5) is 0. The highest BCUT2D eigenvalue weighted by Gasteiger charge is 2.25. The van der Waals surface area contributed by atoms with Crippen LogP contribution in [0.3, 0.4) is 0 Å². The maximum atomic E-state index is 3.97. The molecule has 0 spiro atoms. The van der Waals surface area contributed by atoms with Gasteiger partial charge < -0.3 is 4.57 Å². The Balaban J connectivity index is 4.25. The Labute approximate surface area is 98.7 Å². The van der Waals surface area contributed by atoms with E-state index in [0.717, 1.165) is 0 Å². The van der Waals surface area contributed by atoms with Crippen molar-refractivity contribution >= 4 is 16.3 Å². The van der Waals surface area contributed by atoms with Crippen molar-refractivity contribution < 1.29 is 0 Å². The lowest BCUT2D eigenvalue weighted by atomic mass is 10.5. The summed E-state index contributed by atoms with van der Waals surface area (Å²) in [5, 5.41) is 0. The first kappa shape index (κ1) is 15.1. The minimum absolute atomic E-state index is 1.10. The van der Waals surface area contributed by atoms with Gasteiger partial charge in [0, 0.05) is 0 Å². The molecule has 0 atom stereocenters. The van der Waals surface area contributed by atoms with Crippen LogP contribution in [-0.2, 0) is 0 Å². The third-order valence-corrected chi connectivity index (χ3v) is 7.98. The zero-order valence-corrected chi connectivity index (χ0v) is 13.6. The average molecular weight is 244 g/mol. The zero-order chi connectivity index (χ0) is 12.1. The van der Waals surface area contributed by atoms with Crippen molar-refractivity contribution in [2.75, 3.05) is 13.1 Å². The number of hydrogen-bond acceptors (Lipinski definition) is 1. The minimum Gasteiger partial charge on any atom is -0.324 e. The molecule has 0 saturated heterocycles. The van der Waals surface area contributed by atoms with E-state index < -0.39 is 16.3 Å². The molecule has 0 aliphatic carbocycles. The summed E-state index contributed by atoms with van der Waals surface area (Å²) in [6.45, 7) is 21.0. The van der Waals surface area contributed by atoms with Crippen molar-refractivity contribution in [1.29, 1.82) is 0 Å². The molecule has 0 fully saturated rings. The average Bonchev–Trinajstić information content (AvgIpc) is 2.10. The van der Waals surface area contributed by atoms with Gasteiger partial charge in [-0.1, -0.05) is 39.7 Å². The molecule has 0 aromatic rings. The number of rotatable bonds is 7. The van der Waals surface area contributed by atoms with E-state index in [-0.39, 0.29) is 0 Å². The Morgan fingerprint density at radius 2 is 1.60 bits per heavy atom. The summed E-state index contributed by atoms with van der Waals surface area (Å²) in [6, 6.07) is 1.36. The van der Waals surface area contributed by atoms with Gasteiger partial charge >= 0.3 is 0 Å². The predicted octanol–water partition coefficient (Wildman–Crippen LogP) is 3.97. The Hall–Kier alpha value is 0.134. The molecule has 0 aromatic carbocycles. The standard InChI is InChI=1S/C12H29NSi2/c1-8-10-13(14(3,4)5)11-12-15(6,7)9-2/h9H,2,8,10-12H2,1,3-7H3. The highest BCUT2D eigenvalue weighted by Crippen LogP contribution is 2.16. The second-order valence-corrected chi connectivity index (χ2v) is 16.0. The Morgan fingerprint density at radius 3 is 1.93 bits per heavy atom. The summed E-state index contributed by atoms with van der Waals surface area (Å²) >= 11 is 0. The summed E-state index contributed by atoms with van der Waals surface area (Å²) in [5.74, 6) is 0. The molecule has 15 heavy (non-hydrogen) atoms. The van der Waals surface area contributed by atoms with E-state index >= 15 is 0 Å². The van der Waals surface area contributed by atoms with Crippen LogP contribution >= 0.6 is 0 Å². The molecule has 90 valence electrons. The molecule has 0 bridgehead atoms. The van der Waals surface area contributed by atoms with Gasteiger partial charge in [-0.15, -0.1) is 12.3 Å². The van der Waals surface area contributed by atoms with E-state index in [1.807, 2.05) is 0 Å². The Kier molecular flexibility index (Phi) is 6.07. The third kappa shape index (κ3) is 6.33. The molecule has 1 nitrogen and oxygen atoms in total. The van der Waals surface area contributed by atoms with E-state index in [1.165, 1.54) is 25.6 Å². The molecular formula is C12H29NSi2. The van der Waals surface area contributed by atoms with Crippen molar-refractivity contribution in [2.24, 2.45) is 0 Å². The molecule has 0 saturated carbocycles. The van der Waals surface area contributed by atoms with Gasteiger partial charge in [-0.2, -0.15) is 0 Å². The van der Waals surface area contributed by atoms with Crippen LogP contribution in [0.15, 0.2) is 12.3 Å². The Morgan fingerprint density at radius 1 is 1.07 bits per heavy atom. The molecule has 0 heterocycles. The van der Waals surface area contributed by atoms with Crippen molar-refractivity contribution in [3.05, 3.63) is 12.3 Å². The fraction of sp³-hybridized carbons (Fsp3) is 0.833. The molecule has 0 unspecified atom stereocenters. The number of nitrogens with zero attached hydrogens (tertiary/aromatic N) is 1. The van der Waals surface area contributed by atoms with Gasteiger partial charge in [-0.3, -0.25) is 0 Å². The molecule has 0 aromatic heterocycles. The van der Waals surface area contributed by atoms with Gasteiger partial charge in [0.15, 0.2) is 0 Å². The van der Waals surface area contributed by atoms with Gasteiger partial charge in [0.2, 0.25) is 0 Å². The first-order valence-corrected chi connectivity index (χ1v) is 12.8. The molecule has 3 heteroatoms. The van der Waals surface area contributed by atoms with Crippen LogP contribution in [0.5, 0.6) is 0 Å². The van der Waals surface area contributed by atoms with Crippen LogP contribution in [0.4, 0.5) is 0 Å². The van der Waals surface area contributed by atoms with Gasteiger partial charge in [-0.25, -0.2) is 0 Å². The largest absolute Gasteiger partial charge is 0.324 e. The van der Waals surface area contributed by atoms with E-state index in [2.05, 4.69) is 56.5 Å². The highest BCUT2D eigenvalue weighted by molar-refractivity contribution is 6.82. The van der Waals surface area contributed by atoms with E-state index in [1.54, 1.807) is 0 Å². The maximum Gasteiger partial charge on any atom is 0.119 e. The summed E-state index contributed by atoms with van der Waals surface area (Å²) in [7, 11) is -2.20. The van der Waals surface area contributed by atoms with Gasteiger partial charge in [0.25, 0.3) is 0 Å². The third-order valence-electron chi connectivity index (χ3n) is 3.02. The van der Waals surface area contributed by atoms with Crippen molar-refractivity contribution in [3.63, 3.8) is 0 Å². The summed E-state index contributed by atoms with van der Waals surface area (Å²) in [6.07, 6.45) is 1.28. The van der Waals surface area contributed by atoms with Crippen LogP contribution in [0.25, 0.3) is 0 Å². The van der Waals surface area contributed by atoms with Crippen LogP contribution in [0, 0.1) is 0 Å². The van der Waals surface area contributed by atoms with Gasteiger partial charge in [0.05, 0.1) is 8.07 Å². The zero-order valence-electron chi connectivity index (χ0n) is 11.6. The second-order valence-electron chi connectivity index (χ2n) is 6.10. The van der Waals surface area contributed by atoms with E-state index in [9.17, 15) is 0 Å². The molecule has 0 amide bonds. The Bertz CT molecular complexity index is 194. The summed E-state index contributed by atoms with van der Waals surface area (Å²) < 4.78 is 2.74. The predicted molar refractivity (Wildman–Crippen MR) is 77.7 cm³/mol. The normalized spacial score (nSPS) is 13.3. The van der Waals surface area contributed by atoms with Crippen LogP contribution in [-0.4, -0.2) is 34.0 Å². The molecule has 0 N–H and O–H groups in total. The first-order valence-electron chi connectivity index (χ1n) is 6.11. The van der Waals surface area contributed by atoms with Crippen LogP contribution in [0.1, 0.15) is 13.3 Å². The van der Waals surface area contributed by atoms with Gasteiger partial charge in [0.1, 0.15) is 8.24 Å². The van der Waals surface area contributed by atoms with Crippen molar-refractivity contribution in [2.45, 2.75) is 52.1 Å². The van der Waals surface area contributed by atoms with Crippen molar-refractivity contribution in [1.82, 2.24) is 4.57 Å². The van der Waals surface area contributed by atoms with Crippen LogP contribution < -0.4 is 0 Å². The fourth-order valence-electron chi connectivity index (χ4n) is 1.58. The topological polar surface area (TPSA) is 3.24 Å². The SMILES string of the molecule is C=C[Si](C)(C)CCN(CCC)[Si](C)(C)C. The van der Waals surface area contributed by atoms with Gasteiger partial charge in [-0.05, 0) is 25.6 Å². The smallest absolute Gasteiger partial charge is 0.119 e. The fourth-order valence-corrected chi connectivity index (χ4v) is 4.53. The molecule has 0 aliphatic rings. The maximum absolute atomic E-state index is 3.97. The van der Waals surface area contributed by atoms with E-state index in [0.29, 0.717) is 0 Å². The molecular weight excluding hydrogens is 214 g/mol. The summed E-state index contributed by atoms with van der Waals surface area (Å²) in [5.41, 5.74) is 2.22. The highest BCUT2D eigenvalue weighted by atomic mass is 28.3. The minimum atomic E-state index is -1.10. The quantitative estimate of drug-likeness (QED) is 0.612. The lowest BCUT2D eigenvalue weighted by Gasteiger charge is -2.35.